The van der Waals surface area contributed by atoms with Crippen LogP contribution in [0.15, 0.2) is 75.8 Å². The minimum atomic E-state index is -0.934. The zero-order valence-electron chi connectivity index (χ0n) is 20.5. The number of aromatic amines is 1. The van der Waals surface area contributed by atoms with Crippen molar-refractivity contribution in [3.63, 3.8) is 0 Å². The number of rotatable bonds is 9. The van der Waals surface area contributed by atoms with E-state index in [-0.39, 0.29) is 6.61 Å². The Morgan fingerprint density at radius 2 is 1.70 bits per heavy atom. The molecule has 2 N–H and O–H groups in total. The zero-order chi connectivity index (χ0) is 26.4. The van der Waals surface area contributed by atoms with Crippen LogP contribution in [0.4, 0.5) is 5.69 Å². The maximum absolute atomic E-state index is 12.0. The maximum Gasteiger partial charge on any atom is 0.397 e. The molecule has 0 unspecified atom stereocenters. The lowest BCUT2D eigenvalue weighted by atomic mass is 10.1. The van der Waals surface area contributed by atoms with Crippen LogP contribution in [0.5, 0.6) is 11.5 Å². The lowest BCUT2D eigenvalue weighted by Gasteiger charge is -2.20. The number of halogens is 2. The summed E-state index contributed by atoms with van der Waals surface area (Å²) < 4.78 is 12.2. The van der Waals surface area contributed by atoms with Gasteiger partial charge in [-0.3, -0.25) is 9.69 Å². The molecule has 0 fully saturated rings. The van der Waals surface area contributed by atoms with E-state index < -0.39 is 11.9 Å². The summed E-state index contributed by atoms with van der Waals surface area (Å²) >= 11 is 7.02. The summed E-state index contributed by atoms with van der Waals surface area (Å²) in [6, 6.07) is 19.7. The first-order chi connectivity index (χ1) is 17.9. The second-order valence-electron chi connectivity index (χ2n) is 8.36. The largest absolute Gasteiger partial charge is 0.459 e. The molecule has 9 heteroatoms. The highest BCUT2D eigenvalue weighted by atomic mass is 79.9. The van der Waals surface area contributed by atoms with Crippen LogP contribution in [0, 0.1) is 0 Å². The molecule has 0 spiro atoms. The molecule has 3 aromatic carbocycles. The fourth-order valence-electron chi connectivity index (χ4n) is 3.94. The van der Waals surface area contributed by atoms with Gasteiger partial charge in [-0.15, -0.1) is 0 Å². The minimum Gasteiger partial charge on any atom is -0.459 e. The molecule has 1 amide bonds. The number of anilines is 1. The van der Waals surface area contributed by atoms with E-state index in [1.54, 1.807) is 19.1 Å². The molecule has 4 aromatic rings. The van der Waals surface area contributed by atoms with Crippen LogP contribution in [0.25, 0.3) is 10.9 Å². The third kappa shape index (κ3) is 6.80. The third-order valence-corrected chi connectivity index (χ3v) is 6.94. The molecule has 0 aliphatic heterocycles. The van der Waals surface area contributed by atoms with Crippen molar-refractivity contribution in [2.24, 2.45) is 0 Å². The summed E-state index contributed by atoms with van der Waals surface area (Å²) in [6.45, 7) is 6.54. The first-order valence-electron chi connectivity index (χ1n) is 11.9. The molecule has 4 rings (SSSR count). The zero-order valence-corrected chi connectivity index (χ0v) is 23.7. The molecule has 0 aliphatic carbocycles. The van der Waals surface area contributed by atoms with Crippen LogP contribution in [-0.4, -0.2) is 34.9 Å². The lowest BCUT2D eigenvalue weighted by Crippen LogP contribution is -2.25. The summed E-state index contributed by atoms with van der Waals surface area (Å²) in [5, 5.41) is 3.62. The average molecular weight is 629 g/mol. The van der Waals surface area contributed by atoms with Gasteiger partial charge in [0.25, 0.3) is 0 Å². The molecule has 0 radical (unpaired) electrons. The number of aromatic nitrogens is 1. The number of nitrogens with zero attached hydrogens (tertiary/aromatic N) is 1. The fraction of sp³-hybridized carbons (Fsp3) is 0.214. The van der Waals surface area contributed by atoms with Gasteiger partial charge in [-0.05, 0) is 86.8 Å². The van der Waals surface area contributed by atoms with Gasteiger partial charge >= 0.3 is 11.9 Å². The average Bonchev–Trinajstić information content (AvgIpc) is 3.28. The van der Waals surface area contributed by atoms with E-state index in [9.17, 15) is 9.59 Å². The molecule has 1 aromatic heterocycles. The van der Waals surface area contributed by atoms with E-state index in [2.05, 4.69) is 84.4 Å². The summed E-state index contributed by atoms with van der Waals surface area (Å²) in [4.78, 5) is 29.4. The van der Waals surface area contributed by atoms with E-state index in [0.29, 0.717) is 26.1 Å². The predicted molar refractivity (Wildman–Crippen MR) is 152 cm³/mol. The van der Waals surface area contributed by atoms with Crippen LogP contribution in [0.3, 0.4) is 0 Å². The number of hydrogen-bond donors (Lipinski definition) is 2. The van der Waals surface area contributed by atoms with E-state index in [1.165, 1.54) is 11.1 Å². The van der Waals surface area contributed by atoms with Crippen molar-refractivity contribution in [1.29, 1.82) is 0 Å². The van der Waals surface area contributed by atoms with Gasteiger partial charge in [0.1, 0.15) is 5.75 Å². The molecule has 192 valence electrons. The lowest BCUT2D eigenvalue weighted by molar-refractivity contribution is -0.152. The van der Waals surface area contributed by atoms with Crippen LogP contribution in [0.1, 0.15) is 25.0 Å². The Morgan fingerprint density at radius 1 is 0.973 bits per heavy atom. The molecule has 0 bridgehead atoms. The number of ether oxygens (including phenoxy) is 2. The number of fused-ring (bicyclic) bond motifs is 1. The van der Waals surface area contributed by atoms with E-state index >= 15 is 0 Å². The highest BCUT2D eigenvalue weighted by Crippen LogP contribution is 2.40. The van der Waals surface area contributed by atoms with Crippen LogP contribution >= 0.6 is 31.9 Å². The second kappa shape index (κ2) is 12.4. The number of benzene rings is 3. The number of H-pyrrole nitrogens is 1. The number of esters is 1. The van der Waals surface area contributed by atoms with Crippen molar-refractivity contribution >= 4 is 60.3 Å². The second-order valence-corrected chi connectivity index (χ2v) is 10.1. The van der Waals surface area contributed by atoms with Gasteiger partial charge in [0.15, 0.2) is 5.75 Å². The van der Waals surface area contributed by atoms with Crippen molar-refractivity contribution in [2.45, 2.75) is 26.9 Å². The smallest absolute Gasteiger partial charge is 0.397 e. The van der Waals surface area contributed by atoms with Gasteiger partial charge in [0.2, 0.25) is 0 Å². The van der Waals surface area contributed by atoms with E-state index in [4.69, 9.17) is 9.47 Å². The van der Waals surface area contributed by atoms with Crippen molar-refractivity contribution < 1.29 is 19.1 Å². The number of carbonyl (C=O) groups is 2. The standard InChI is InChI=1S/C28H27Br2N3O4/c1-3-33(16-18-8-6-5-7-9-18)17-19-15-31-25-11-10-21(14-22(19)25)37-26-23(29)12-20(13-24(26)30)32-27(34)28(35)36-4-2/h5-15,31H,3-4,16-17H2,1-2H3,(H,32,34). The van der Waals surface area contributed by atoms with E-state index in [0.717, 1.165) is 30.5 Å². The normalized spacial score (nSPS) is 11.1. The molecule has 7 nitrogen and oxygen atoms in total. The number of amides is 1. The summed E-state index contributed by atoms with van der Waals surface area (Å²) in [6.07, 6.45) is 2.05. The first-order valence-corrected chi connectivity index (χ1v) is 13.5. The summed E-state index contributed by atoms with van der Waals surface area (Å²) in [5.74, 6) is -0.557. The Kier molecular flexibility index (Phi) is 9.02. The Balaban J connectivity index is 1.51. The van der Waals surface area contributed by atoms with Gasteiger partial charge < -0.3 is 19.8 Å². The van der Waals surface area contributed by atoms with Gasteiger partial charge in [-0.2, -0.15) is 0 Å². The number of carbonyl (C=O) groups excluding carboxylic acids is 2. The monoisotopic (exact) mass is 627 g/mol. The Hall–Kier alpha value is -3.14. The molecular formula is C28H27Br2N3O4. The van der Waals surface area contributed by atoms with Gasteiger partial charge in [-0.25, -0.2) is 4.79 Å². The summed E-state index contributed by atoms with van der Waals surface area (Å²) in [5.41, 5.74) is 3.93. The predicted octanol–water partition coefficient (Wildman–Crippen LogP) is 7.01. The van der Waals surface area contributed by atoms with Gasteiger partial charge in [-0.1, -0.05) is 37.3 Å². The first kappa shape index (κ1) is 26.9. The van der Waals surface area contributed by atoms with Gasteiger partial charge in [0, 0.05) is 35.9 Å². The summed E-state index contributed by atoms with van der Waals surface area (Å²) in [7, 11) is 0. The Labute approximate surface area is 232 Å². The van der Waals surface area contributed by atoms with Crippen LogP contribution in [-0.2, 0) is 27.4 Å². The van der Waals surface area contributed by atoms with Crippen LogP contribution < -0.4 is 10.1 Å². The molecule has 37 heavy (non-hydrogen) atoms. The quantitative estimate of drug-likeness (QED) is 0.154. The third-order valence-electron chi connectivity index (χ3n) is 5.77. The van der Waals surface area contributed by atoms with Crippen molar-refractivity contribution in [2.75, 3.05) is 18.5 Å². The molecule has 0 aliphatic rings. The molecule has 0 atom stereocenters. The Morgan fingerprint density at radius 3 is 2.38 bits per heavy atom. The van der Waals surface area contributed by atoms with E-state index in [1.807, 2.05) is 24.3 Å². The highest BCUT2D eigenvalue weighted by Gasteiger charge is 2.18. The fourth-order valence-corrected chi connectivity index (χ4v) is 5.29. The van der Waals surface area contributed by atoms with Crippen LogP contribution in [0.2, 0.25) is 0 Å². The van der Waals surface area contributed by atoms with Gasteiger partial charge in [0.05, 0.1) is 15.6 Å². The molecule has 0 saturated carbocycles. The van der Waals surface area contributed by atoms with Crippen molar-refractivity contribution in [3.05, 3.63) is 86.9 Å². The van der Waals surface area contributed by atoms with Crippen molar-refractivity contribution in [1.82, 2.24) is 9.88 Å². The number of hydrogen-bond acceptors (Lipinski definition) is 5. The number of nitrogens with one attached hydrogen (secondary N) is 2. The molecule has 0 saturated heterocycles. The molecule has 1 heterocycles. The topological polar surface area (TPSA) is 83.7 Å². The SMILES string of the molecule is CCOC(=O)C(=O)Nc1cc(Br)c(Oc2ccc3[nH]cc(CN(CC)Cc4ccccc4)c3c2)c(Br)c1. The highest BCUT2D eigenvalue weighted by molar-refractivity contribution is 9.11. The van der Waals surface area contributed by atoms with Crippen molar-refractivity contribution in [3.8, 4) is 11.5 Å². The minimum absolute atomic E-state index is 0.128. The maximum atomic E-state index is 12.0. The molecular weight excluding hydrogens is 602 g/mol. The Bertz CT molecular complexity index is 1380.